The predicted octanol–water partition coefficient (Wildman–Crippen LogP) is 4.56. The molecule has 106 valence electrons. The van der Waals surface area contributed by atoms with E-state index in [1.165, 1.54) is 6.42 Å². The number of halogens is 1. The fraction of sp³-hybridized carbons (Fsp3) is 0.625. The van der Waals surface area contributed by atoms with Crippen LogP contribution in [0.3, 0.4) is 0 Å². The van der Waals surface area contributed by atoms with Crippen molar-refractivity contribution in [3.63, 3.8) is 0 Å². The highest BCUT2D eigenvalue weighted by Gasteiger charge is 2.25. The van der Waals surface area contributed by atoms with Crippen molar-refractivity contribution in [1.29, 1.82) is 0 Å². The van der Waals surface area contributed by atoms with Crippen molar-refractivity contribution in [2.75, 3.05) is 0 Å². The van der Waals surface area contributed by atoms with E-state index in [0.29, 0.717) is 5.02 Å². The van der Waals surface area contributed by atoms with Crippen LogP contribution in [0.5, 0.6) is 5.75 Å². The Labute approximate surface area is 121 Å². The molecule has 2 unspecified atom stereocenters. The molecule has 0 saturated heterocycles. The van der Waals surface area contributed by atoms with Gasteiger partial charge in [0.15, 0.2) is 0 Å². The van der Waals surface area contributed by atoms with Crippen LogP contribution in [0, 0.1) is 11.8 Å². The van der Waals surface area contributed by atoms with Gasteiger partial charge in [0.1, 0.15) is 5.75 Å². The number of hydrogen-bond donors (Lipinski definition) is 1. The lowest BCUT2D eigenvalue weighted by atomic mass is 9.82. The third kappa shape index (κ3) is 3.87. The number of hydrogen-bond acceptors (Lipinski definition) is 2. The van der Waals surface area contributed by atoms with Gasteiger partial charge < -0.3 is 10.5 Å². The van der Waals surface area contributed by atoms with Gasteiger partial charge >= 0.3 is 0 Å². The normalized spacial score (nSPS) is 29.0. The van der Waals surface area contributed by atoms with Crippen molar-refractivity contribution in [3.8, 4) is 5.75 Å². The van der Waals surface area contributed by atoms with Crippen LogP contribution in [-0.4, -0.2) is 6.10 Å². The Kier molecular flexibility index (Phi) is 4.75. The number of ether oxygens (including phenoxy) is 1. The summed E-state index contributed by atoms with van der Waals surface area (Å²) in [5, 5.41) is 0.667. The first-order valence-corrected chi connectivity index (χ1v) is 7.55. The van der Waals surface area contributed by atoms with E-state index in [1.54, 1.807) is 0 Å². The van der Waals surface area contributed by atoms with Gasteiger partial charge in [-0.2, -0.15) is 0 Å². The lowest BCUT2D eigenvalue weighted by Gasteiger charge is -2.32. The van der Waals surface area contributed by atoms with Crippen LogP contribution < -0.4 is 10.5 Å². The molecule has 1 fully saturated rings. The molecule has 0 aromatic heterocycles. The summed E-state index contributed by atoms with van der Waals surface area (Å²) in [6.07, 6.45) is 3.83. The molecular formula is C16H24ClNO. The maximum absolute atomic E-state index is 6.28. The summed E-state index contributed by atoms with van der Waals surface area (Å²) in [7, 11) is 0. The van der Waals surface area contributed by atoms with E-state index in [2.05, 4.69) is 13.8 Å². The average Bonchev–Trinajstić information content (AvgIpc) is 2.30. The molecule has 0 amide bonds. The van der Waals surface area contributed by atoms with Crippen molar-refractivity contribution in [2.45, 2.75) is 52.2 Å². The van der Waals surface area contributed by atoms with Gasteiger partial charge in [-0.05, 0) is 55.7 Å². The molecule has 3 atom stereocenters. The zero-order chi connectivity index (χ0) is 14.0. The number of nitrogens with two attached hydrogens (primary N) is 1. The Morgan fingerprint density at radius 3 is 2.37 bits per heavy atom. The van der Waals surface area contributed by atoms with Crippen LogP contribution in [0.2, 0.25) is 5.02 Å². The summed E-state index contributed by atoms with van der Waals surface area (Å²) in [5.41, 5.74) is 6.90. The Hall–Kier alpha value is -0.730. The molecule has 2 rings (SSSR count). The van der Waals surface area contributed by atoms with E-state index in [1.807, 2.05) is 25.1 Å². The molecule has 0 aliphatic heterocycles. The monoisotopic (exact) mass is 281 g/mol. The molecule has 1 aromatic carbocycles. The van der Waals surface area contributed by atoms with E-state index < -0.39 is 0 Å². The third-order valence-electron chi connectivity index (χ3n) is 3.91. The summed E-state index contributed by atoms with van der Waals surface area (Å²) in [5.74, 6) is 2.25. The van der Waals surface area contributed by atoms with Crippen molar-refractivity contribution in [2.24, 2.45) is 17.6 Å². The quantitative estimate of drug-likeness (QED) is 0.881. The molecule has 3 heteroatoms. The van der Waals surface area contributed by atoms with Gasteiger partial charge in [0.2, 0.25) is 0 Å². The van der Waals surface area contributed by atoms with Crippen LogP contribution in [0.4, 0.5) is 0 Å². The molecule has 2 nitrogen and oxygen atoms in total. The molecule has 0 radical (unpaired) electrons. The predicted molar refractivity (Wildman–Crippen MR) is 80.6 cm³/mol. The second-order valence-electron chi connectivity index (χ2n) is 6.14. The zero-order valence-electron chi connectivity index (χ0n) is 12.0. The zero-order valence-corrected chi connectivity index (χ0v) is 12.8. The molecule has 1 saturated carbocycles. The van der Waals surface area contributed by atoms with Gasteiger partial charge in [-0.15, -0.1) is 0 Å². The summed E-state index contributed by atoms with van der Waals surface area (Å²) >= 11 is 6.28. The largest absolute Gasteiger partial charge is 0.489 e. The highest BCUT2D eigenvalue weighted by Crippen LogP contribution is 2.34. The minimum Gasteiger partial charge on any atom is -0.489 e. The molecular weight excluding hydrogens is 258 g/mol. The molecule has 2 N–H and O–H groups in total. The fourth-order valence-electron chi connectivity index (χ4n) is 3.04. The maximum atomic E-state index is 6.28. The van der Waals surface area contributed by atoms with Crippen LogP contribution in [0.1, 0.15) is 51.6 Å². The van der Waals surface area contributed by atoms with E-state index in [9.17, 15) is 0 Å². The Bertz CT molecular complexity index is 423. The van der Waals surface area contributed by atoms with Gasteiger partial charge in [0.05, 0.1) is 11.1 Å². The first-order valence-electron chi connectivity index (χ1n) is 7.17. The van der Waals surface area contributed by atoms with E-state index in [0.717, 1.165) is 36.0 Å². The molecule has 1 aromatic rings. The van der Waals surface area contributed by atoms with E-state index >= 15 is 0 Å². The Morgan fingerprint density at radius 1 is 1.21 bits per heavy atom. The SMILES string of the molecule is CC1CC(C)CC(Oc2ccc([C@H](C)N)cc2Cl)C1. The minimum absolute atomic E-state index is 0.00118. The fourth-order valence-corrected chi connectivity index (χ4v) is 3.28. The summed E-state index contributed by atoms with van der Waals surface area (Å²) in [6, 6.07) is 5.87. The average molecular weight is 282 g/mol. The maximum Gasteiger partial charge on any atom is 0.138 e. The van der Waals surface area contributed by atoms with Crippen LogP contribution in [-0.2, 0) is 0 Å². The first-order chi connectivity index (χ1) is 8.95. The summed E-state index contributed by atoms with van der Waals surface area (Å²) in [4.78, 5) is 0. The standard InChI is InChI=1S/C16H24ClNO/c1-10-6-11(2)8-14(7-10)19-16-5-4-13(12(3)18)9-15(16)17/h4-5,9-12,14H,6-8,18H2,1-3H3/t10?,11?,12-,14?/m0/s1. The van der Waals surface area contributed by atoms with Gasteiger partial charge in [0, 0.05) is 6.04 Å². The molecule has 1 aliphatic carbocycles. The summed E-state index contributed by atoms with van der Waals surface area (Å²) < 4.78 is 6.09. The van der Waals surface area contributed by atoms with Crippen molar-refractivity contribution >= 4 is 11.6 Å². The second-order valence-corrected chi connectivity index (χ2v) is 6.54. The lowest BCUT2D eigenvalue weighted by Crippen LogP contribution is -2.28. The van der Waals surface area contributed by atoms with Crippen molar-refractivity contribution in [1.82, 2.24) is 0 Å². The highest BCUT2D eigenvalue weighted by atomic mass is 35.5. The second kappa shape index (κ2) is 6.15. The van der Waals surface area contributed by atoms with E-state index in [4.69, 9.17) is 22.1 Å². The number of benzene rings is 1. The van der Waals surface area contributed by atoms with Crippen molar-refractivity contribution < 1.29 is 4.74 Å². The smallest absolute Gasteiger partial charge is 0.138 e. The summed E-state index contributed by atoms with van der Waals surface area (Å²) in [6.45, 7) is 6.55. The Morgan fingerprint density at radius 2 is 1.84 bits per heavy atom. The minimum atomic E-state index is 0.00118. The molecule has 1 aliphatic rings. The topological polar surface area (TPSA) is 35.2 Å². The van der Waals surface area contributed by atoms with Gasteiger partial charge in [-0.25, -0.2) is 0 Å². The Balaban J connectivity index is 2.06. The molecule has 0 heterocycles. The first kappa shape index (κ1) is 14.7. The van der Waals surface area contributed by atoms with Crippen LogP contribution in [0.15, 0.2) is 18.2 Å². The van der Waals surface area contributed by atoms with Crippen LogP contribution >= 0.6 is 11.6 Å². The highest BCUT2D eigenvalue weighted by molar-refractivity contribution is 6.32. The number of rotatable bonds is 3. The third-order valence-corrected chi connectivity index (χ3v) is 4.21. The van der Waals surface area contributed by atoms with Gasteiger partial charge in [-0.1, -0.05) is 31.5 Å². The van der Waals surface area contributed by atoms with Crippen LogP contribution in [0.25, 0.3) is 0 Å². The molecule has 0 spiro atoms. The lowest BCUT2D eigenvalue weighted by molar-refractivity contribution is 0.101. The molecule has 19 heavy (non-hydrogen) atoms. The van der Waals surface area contributed by atoms with Gasteiger partial charge in [0.25, 0.3) is 0 Å². The molecule has 0 bridgehead atoms. The van der Waals surface area contributed by atoms with Gasteiger partial charge in [-0.3, -0.25) is 0 Å². The van der Waals surface area contributed by atoms with E-state index in [-0.39, 0.29) is 12.1 Å². The van der Waals surface area contributed by atoms with Crippen molar-refractivity contribution in [3.05, 3.63) is 28.8 Å².